The minimum atomic E-state index is -1.04. The molecule has 1 atom stereocenters. The van der Waals surface area contributed by atoms with Crippen LogP contribution >= 0.6 is 0 Å². The zero-order valence-corrected chi connectivity index (χ0v) is 17.3. The number of carbonyl (C=O) groups is 2. The summed E-state index contributed by atoms with van der Waals surface area (Å²) in [5, 5.41) is 11.1. The number of hydrogen-bond donors (Lipinski definition) is 1. The van der Waals surface area contributed by atoms with Gasteiger partial charge in [0.2, 0.25) is 0 Å². The first-order chi connectivity index (χ1) is 15.3. The largest absolute Gasteiger partial charge is 0.507 e. The zero-order chi connectivity index (χ0) is 23.0. The predicted molar refractivity (Wildman–Crippen MR) is 115 cm³/mol. The van der Waals surface area contributed by atoms with Crippen LogP contribution in [0.5, 0.6) is 5.75 Å². The smallest absolute Gasteiger partial charge is 0.300 e. The van der Waals surface area contributed by atoms with Gasteiger partial charge in [-0.15, -0.1) is 0 Å². The molecule has 1 unspecified atom stereocenters. The van der Waals surface area contributed by atoms with Crippen molar-refractivity contribution in [2.24, 2.45) is 0 Å². The van der Waals surface area contributed by atoms with Gasteiger partial charge in [0.15, 0.2) is 0 Å². The van der Waals surface area contributed by atoms with Crippen LogP contribution in [-0.2, 0) is 9.59 Å². The van der Waals surface area contributed by atoms with Crippen molar-refractivity contribution >= 4 is 23.1 Å². The second-order valence-corrected chi connectivity index (χ2v) is 7.35. The third kappa shape index (κ3) is 3.51. The minimum absolute atomic E-state index is 0.171. The van der Waals surface area contributed by atoms with Crippen molar-refractivity contribution in [1.82, 2.24) is 0 Å². The van der Waals surface area contributed by atoms with Crippen molar-refractivity contribution in [3.63, 3.8) is 0 Å². The normalized spacial score (nSPS) is 17.6. The van der Waals surface area contributed by atoms with Crippen LogP contribution in [0.15, 0.2) is 72.3 Å². The number of Topliss-reactive ketones (excluding diaryl/α,β-unsaturated/α-hetero) is 1. The third-order valence-electron chi connectivity index (χ3n) is 5.41. The quantitative estimate of drug-likeness (QED) is 0.359. The summed E-state index contributed by atoms with van der Waals surface area (Å²) >= 11 is 0. The van der Waals surface area contributed by atoms with Crippen molar-refractivity contribution in [3.8, 4) is 5.75 Å². The Morgan fingerprint density at radius 1 is 1.00 bits per heavy atom. The highest BCUT2D eigenvalue weighted by atomic mass is 19.1. The first-order valence-corrected chi connectivity index (χ1v) is 9.79. The second-order valence-electron chi connectivity index (χ2n) is 7.35. The number of carbonyl (C=O) groups excluding carboxylic acids is 2. The lowest BCUT2D eigenvalue weighted by Gasteiger charge is -2.26. The van der Waals surface area contributed by atoms with Crippen LogP contribution < -0.4 is 9.64 Å². The predicted octanol–water partition coefficient (Wildman–Crippen LogP) is 4.91. The monoisotopic (exact) mass is 435 g/mol. The molecule has 0 radical (unpaired) electrons. The molecule has 1 heterocycles. The molecule has 1 fully saturated rings. The van der Waals surface area contributed by atoms with Crippen molar-refractivity contribution in [3.05, 3.63) is 101 Å². The third-order valence-corrected chi connectivity index (χ3v) is 5.41. The van der Waals surface area contributed by atoms with Gasteiger partial charge in [-0.05, 0) is 61.0 Å². The number of nitrogens with zero attached hydrogens (tertiary/aromatic N) is 1. The van der Waals surface area contributed by atoms with Gasteiger partial charge in [-0.3, -0.25) is 14.5 Å². The molecule has 0 saturated carbocycles. The molecule has 32 heavy (non-hydrogen) atoms. The minimum Gasteiger partial charge on any atom is -0.507 e. The molecule has 3 aromatic carbocycles. The summed E-state index contributed by atoms with van der Waals surface area (Å²) < 4.78 is 32.7. The average Bonchev–Trinajstić information content (AvgIpc) is 3.06. The van der Waals surface area contributed by atoms with Gasteiger partial charge >= 0.3 is 0 Å². The Bertz CT molecular complexity index is 1250. The van der Waals surface area contributed by atoms with Gasteiger partial charge in [-0.1, -0.05) is 18.2 Å². The summed E-state index contributed by atoms with van der Waals surface area (Å²) in [6.07, 6.45) is 0. The number of anilines is 1. The number of aryl methyl sites for hydroxylation is 1. The van der Waals surface area contributed by atoms with Crippen LogP contribution in [0.4, 0.5) is 14.5 Å². The topological polar surface area (TPSA) is 66.8 Å². The Labute approximate surface area is 183 Å². The molecule has 4 rings (SSSR count). The highest BCUT2D eigenvalue weighted by molar-refractivity contribution is 6.51. The van der Waals surface area contributed by atoms with Gasteiger partial charge in [0.1, 0.15) is 23.1 Å². The van der Waals surface area contributed by atoms with Crippen LogP contribution in [0.2, 0.25) is 0 Å². The van der Waals surface area contributed by atoms with E-state index in [0.29, 0.717) is 11.3 Å². The van der Waals surface area contributed by atoms with E-state index in [2.05, 4.69) is 0 Å². The Morgan fingerprint density at radius 3 is 2.34 bits per heavy atom. The number of rotatable bonds is 4. The second kappa shape index (κ2) is 8.26. The summed E-state index contributed by atoms with van der Waals surface area (Å²) in [4.78, 5) is 27.4. The highest BCUT2D eigenvalue weighted by Gasteiger charge is 2.47. The molecule has 1 aliphatic heterocycles. The van der Waals surface area contributed by atoms with Crippen LogP contribution in [-0.4, -0.2) is 23.9 Å². The lowest BCUT2D eigenvalue weighted by molar-refractivity contribution is -0.132. The molecule has 3 aromatic rings. The van der Waals surface area contributed by atoms with Crippen molar-refractivity contribution in [2.75, 3.05) is 12.0 Å². The van der Waals surface area contributed by atoms with Crippen LogP contribution in [0.3, 0.4) is 0 Å². The van der Waals surface area contributed by atoms with Gasteiger partial charge < -0.3 is 9.84 Å². The first kappa shape index (κ1) is 21.2. The molecule has 0 spiro atoms. The summed E-state index contributed by atoms with van der Waals surface area (Å²) in [5.74, 6) is -2.80. The molecule has 162 valence electrons. The fourth-order valence-corrected chi connectivity index (χ4v) is 3.83. The van der Waals surface area contributed by atoms with Crippen LogP contribution in [0.1, 0.15) is 22.7 Å². The van der Waals surface area contributed by atoms with Gasteiger partial charge in [-0.2, -0.15) is 0 Å². The zero-order valence-electron chi connectivity index (χ0n) is 17.3. The number of aliphatic hydroxyl groups is 1. The Morgan fingerprint density at radius 2 is 1.69 bits per heavy atom. The van der Waals surface area contributed by atoms with Crippen molar-refractivity contribution in [2.45, 2.75) is 13.0 Å². The number of hydrogen-bond acceptors (Lipinski definition) is 4. The molecule has 1 aliphatic rings. The molecule has 0 bridgehead atoms. The maximum atomic E-state index is 13.8. The summed E-state index contributed by atoms with van der Waals surface area (Å²) in [7, 11) is 1.45. The molecule has 5 nitrogen and oxygen atoms in total. The molecule has 0 aliphatic carbocycles. The summed E-state index contributed by atoms with van der Waals surface area (Å²) in [6.45, 7) is 1.53. The Kier molecular flexibility index (Phi) is 5.48. The van der Waals surface area contributed by atoms with E-state index in [1.54, 1.807) is 24.3 Å². The van der Waals surface area contributed by atoms with E-state index in [4.69, 9.17) is 4.74 Å². The number of aliphatic hydroxyl groups excluding tert-OH is 1. The number of methoxy groups -OCH3 is 1. The summed E-state index contributed by atoms with van der Waals surface area (Å²) in [6, 6.07) is 14.8. The van der Waals surface area contributed by atoms with Gasteiger partial charge in [-0.25, -0.2) is 8.78 Å². The summed E-state index contributed by atoms with van der Waals surface area (Å²) in [5.41, 5.74) is 1.03. The first-order valence-electron chi connectivity index (χ1n) is 9.79. The maximum Gasteiger partial charge on any atom is 0.300 e. The fourth-order valence-electron chi connectivity index (χ4n) is 3.83. The highest BCUT2D eigenvalue weighted by Crippen LogP contribution is 2.44. The van der Waals surface area contributed by atoms with E-state index in [0.717, 1.165) is 0 Å². The van der Waals surface area contributed by atoms with Crippen molar-refractivity contribution in [1.29, 1.82) is 0 Å². The van der Waals surface area contributed by atoms with Crippen LogP contribution in [0.25, 0.3) is 5.76 Å². The Hall–Kier alpha value is -4.00. The van der Waals surface area contributed by atoms with Gasteiger partial charge in [0.05, 0.1) is 18.7 Å². The molecule has 1 saturated heterocycles. The number of benzene rings is 3. The van der Waals surface area contributed by atoms with E-state index in [9.17, 15) is 23.5 Å². The number of ether oxygens (including phenoxy) is 1. The fraction of sp³-hybridized carbons (Fsp3) is 0.120. The SMILES string of the molecule is COc1ccccc1C1/C(=C(\O)c2ccc(F)c(C)c2)C(=O)C(=O)N1c1ccc(F)cc1. The number of ketones is 1. The van der Waals surface area contributed by atoms with E-state index in [1.807, 2.05) is 0 Å². The van der Waals surface area contributed by atoms with Crippen molar-refractivity contribution < 1.29 is 28.2 Å². The molecular formula is C25H19F2NO4. The standard InChI is InChI=1S/C25H19F2NO4/c1-14-13-15(7-12-19(14)27)23(29)21-22(18-5-3-4-6-20(18)32-2)28(25(31)24(21)30)17-10-8-16(26)9-11-17/h3-13,22,29H,1-2H3/b23-21+. The molecular weight excluding hydrogens is 416 g/mol. The van der Waals surface area contributed by atoms with E-state index in [-0.39, 0.29) is 22.4 Å². The van der Waals surface area contributed by atoms with E-state index < -0.39 is 35.1 Å². The number of amides is 1. The number of para-hydroxylation sites is 1. The lowest BCUT2D eigenvalue weighted by atomic mass is 9.94. The van der Waals surface area contributed by atoms with E-state index >= 15 is 0 Å². The average molecular weight is 435 g/mol. The van der Waals surface area contributed by atoms with Crippen LogP contribution in [0, 0.1) is 18.6 Å². The molecule has 0 aromatic heterocycles. The molecule has 7 heteroatoms. The van der Waals surface area contributed by atoms with Gasteiger partial charge in [0.25, 0.3) is 11.7 Å². The maximum absolute atomic E-state index is 13.8. The Balaban J connectivity index is 1.99. The van der Waals surface area contributed by atoms with E-state index in [1.165, 1.54) is 61.4 Å². The molecule has 1 N–H and O–H groups in total. The van der Waals surface area contributed by atoms with Gasteiger partial charge in [0, 0.05) is 16.8 Å². The molecule has 1 amide bonds. The number of halogens is 2. The lowest BCUT2D eigenvalue weighted by Crippen LogP contribution is -2.29.